The lowest BCUT2D eigenvalue weighted by Gasteiger charge is -2.02. The maximum absolute atomic E-state index is 11.6. The highest BCUT2D eigenvalue weighted by Gasteiger charge is 2.16. The topological polar surface area (TPSA) is 77.0 Å². The fraction of sp³-hybridized carbons (Fsp3) is 0.300. The van der Waals surface area contributed by atoms with Crippen LogP contribution in [-0.2, 0) is 4.74 Å². The van der Waals surface area contributed by atoms with Crippen LogP contribution in [0.5, 0.6) is 0 Å². The fourth-order valence-electron chi connectivity index (χ4n) is 1.47. The summed E-state index contributed by atoms with van der Waals surface area (Å²) in [6.07, 6.45) is -0.707. The number of imidazole rings is 1. The van der Waals surface area contributed by atoms with Crippen LogP contribution >= 0.6 is 15.9 Å². The zero-order valence-corrected chi connectivity index (χ0v) is 10.9. The third kappa shape index (κ3) is 1.97. The molecule has 0 bridgehead atoms. The van der Waals surface area contributed by atoms with Gasteiger partial charge in [-0.25, -0.2) is 14.6 Å². The Kier molecular flexibility index (Phi) is 3.01. The molecular weight excluding hydrogens is 290 g/mol. The molecule has 0 fully saturated rings. The Balaban J connectivity index is 2.71. The van der Waals surface area contributed by atoms with Crippen LogP contribution < -0.4 is 5.69 Å². The average Bonchev–Trinajstić information content (AvgIpc) is 2.55. The lowest BCUT2D eigenvalue weighted by atomic mass is 10.3. The third-order valence-corrected chi connectivity index (χ3v) is 3.05. The predicted octanol–water partition coefficient (Wildman–Crippen LogP) is 1.80. The van der Waals surface area contributed by atoms with Gasteiger partial charge in [0.05, 0.1) is 12.3 Å². The van der Waals surface area contributed by atoms with Gasteiger partial charge in [-0.05, 0) is 35.8 Å². The number of nitrogens with zero attached hydrogens (tertiary/aromatic N) is 2. The largest absolute Gasteiger partial charge is 0.449 e. The Morgan fingerprint density at radius 2 is 2.35 bits per heavy atom. The number of aromatic nitrogens is 3. The summed E-state index contributed by atoms with van der Waals surface area (Å²) in [6.45, 7) is 3.68. The van der Waals surface area contributed by atoms with Crippen molar-refractivity contribution >= 4 is 33.2 Å². The number of carbonyl (C=O) groups is 1. The van der Waals surface area contributed by atoms with E-state index in [1.165, 1.54) is 0 Å². The number of ether oxygens (including phenoxy) is 1. The van der Waals surface area contributed by atoms with E-state index in [9.17, 15) is 9.59 Å². The van der Waals surface area contributed by atoms with Crippen molar-refractivity contribution < 1.29 is 9.53 Å². The van der Waals surface area contributed by atoms with Gasteiger partial charge in [-0.15, -0.1) is 0 Å². The van der Waals surface area contributed by atoms with E-state index >= 15 is 0 Å². The van der Waals surface area contributed by atoms with Gasteiger partial charge in [0, 0.05) is 4.47 Å². The van der Waals surface area contributed by atoms with Crippen LogP contribution in [0.2, 0.25) is 0 Å². The Morgan fingerprint density at radius 1 is 1.65 bits per heavy atom. The van der Waals surface area contributed by atoms with E-state index in [1.807, 2.05) is 0 Å². The van der Waals surface area contributed by atoms with Crippen molar-refractivity contribution in [2.24, 2.45) is 0 Å². The lowest BCUT2D eigenvalue weighted by Crippen LogP contribution is -2.25. The Bertz CT molecular complexity index is 644. The molecule has 0 aliphatic heterocycles. The Morgan fingerprint density at radius 3 is 3.00 bits per heavy atom. The first-order valence-electron chi connectivity index (χ1n) is 4.99. The molecule has 7 heteroatoms. The summed E-state index contributed by atoms with van der Waals surface area (Å²) in [6, 6.07) is 1.66. The molecule has 2 rings (SSSR count). The molecule has 2 aromatic heterocycles. The van der Waals surface area contributed by atoms with Crippen LogP contribution in [0.4, 0.5) is 4.79 Å². The second-order valence-electron chi connectivity index (χ2n) is 3.39. The molecule has 0 aliphatic carbocycles. The smallest absolute Gasteiger partial charge is 0.422 e. The summed E-state index contributed by atoms with van der Waals surface area (Å²) in [7, 11) is 0. The highest BCUT2D eigenvalue weighted by atomic mass is 79.9. The van der Waals surface area contributed by atoms with Gasteiger partial charge < -0.3 is 4.74 Å². The maximum Gasteiger partial charge on any atom is 0.422 e. The van der Waals surface area contributed by atoms with Crippen LogP contribution in [0.3, 0.4) is 0 Å². The van der Waals surface area contributed by atoms with Crippen molar-refractivity contribution in [2.45, 2.75) is 13.8 Å². The van der Waals surface area contributed by atoms with Crippen LogP contribution in [0.15, 0.2) is 15.3 Å². The third-order valence-electron chi connectivity index (χ3n) is 2.25. The number of nitrogens with one attached hydrogen (secondary N) is 1. The van der Waals surface area contributed by atoms with Gasteiger partial charge in [-0.2, -0.15) is 4.57 Å². The standard InChI is InChI=1S/C10H10BrN3O3/c1-3-17-10(16)14-7-4-6(11)5(2)12-8(7)13-9(14)15/h4H,3H2,1-2H3,(H,12,13,15). The monoisotopic (exact) mass is 299 g/mol. The quantitative estimate of drug-likeness (QED) is 0.871. The van der Waals surface area contributed by atoms with Gasteiger partial charge in [0.25, 0.3) is 0 Å². The second kappa shape index (κ2) is 4.33. The van der Waals surface area contributed by atoms with E-state index in [2.05, 4.69) is 25.9 Å². The number of fused-ring (bicyclic) bond motifs is 1. The van der Waals surface area contributed by atoms with Crippen molar-refractivity contribution in [1.82, 2.24) is 14.5 Å². The number of halogens is 1. The number of hydrogen-bond donors (Lipinski definition) is 1. The van der Waals surface area contributed by atoms with Gasteiger partial charge >= 0.3 is 11.8 Å². The summed E-state index contributed by atoms with van der Waals surface area (Å²) in [5.41, 5.74) is 0.938. The van der Waals surface area contributed by atoms with E-state index in [-0.39, 0.29) is 6.61 Å². The predicted molar refractivity (Wildman–Crippen MR) is 65.2 cm³/mol. The molecule has 2 heterocycles. The van der Waals surface area contributed by atoms with E-state index in [0.717, 1.165) is 14.7 Å². The van der Waals surface area contributed by atoms with Crippen LogP contribution in [0.25, 0.3) is 11.2 Å². The minimum Gasteiger partial charge on any atom is -0.449 e. The SMILES string of the molecule is CCOC(=O)n1c(=O)[nH]c2nc(C)c(Br)cc21. The lowest BCUT2D eigenvalue weighted by molar-refractivity contribution is 0.154. The molecule has 0 aromatic carbocycles. The number of carbonyl (C=O) groups excluding carboxylic acids is 1. The highest BCUT2D eigenvalue weighted by Crippen LogP contribution is 2.19. The zero-order valence-electron chi connectivity index (χ0n) is 9.28. The summed E-state index contributed by atoms with van der Waals surface area (Å²) >= 11 is 3.30. The van der Waals surface area contributed by atoms with E-state index < -0.39 is 11.8 Å². The second-order valence-corrected chi connectivity index (χ2v) is 4.24. The Hall–Kier alpha value is -1.63. The minimum atomic E-state index is -0.707. The van der Waals surface area contributed by atoms with Crippen molar-refractivity contribution in [3.63, 3.8) is 0 Å². The van der Waals surface area contributed by atoms with Gasteiger partial charge in [0.2, 0.25) is 0 Å². The first-order chi connectivity index (χ1) is 8.04. The molecule has 90 valence electrons. The molecule has 0 amide bonds. The Labute approximate surface area is 105 Å². The summed E-state index contributed by atoms with van der Waals surface area (Å²) in [5, 5.41) is 0. The highest BCUT2D eigenvalue weighted by molar-refractivity contribution is 9.10. The van der Waals surface area contributed by atoms with Gasteiger partial charge in [0.15, 0.2) is 5.65 Å². The van der Waals surface area contributed by atoms with Crippen LogP contribution in [0, 0.1) is 6.92 Å². The molecule has 0 spiro atoms. The molecule has 17 heavy (non-hydrogen) atoms. The molecule has 0 unspecified atom stereocenters. The molecule has 1 N–H and O–H groups in total. The van der Waals surface area contributed by atoms with Gasteiger partial charge in [0.1, 0.15) is 5.52 Å². The van der Waals surface area contributed by atoms with Crippen LogP contribution in [0.1, 0.15) is 12.6 Å². The number of pyridine rings is 1. The van der Waals surface area contributed by atoms with Crippen LogP contribution in [-0.4, -0.2) is 27.2 Å². The van der Waals surface area contributed by atoms with Gasteiger partial charge in [-0.3, -0.25) is 4.98 Å². The zero-order chi connectivity index (χ0) is 12.6. The fourth-order valence-corrected chi connectivity index (χ4v) is 1.78. The number of aryl methyl sites for hydroxylation is 1. The van der Waals surface area contributed by atoms with E-state index in [4.69, 9.17) is 4.74 Å². The molecular formula is C10H10BrN3O3. The molecule has 0 radical (unpaired) electrons. The van der Waals surface area contributed by atoms with Crippen molar-refractivity contribution in [3.05, 3.63) is 26.7 Å². The molecule has 0 saturated carbocycles. The number of hydrogen-bond acceptors (Lipinski definition) is 4. The van der Waals surface area contributed by atoms with Crippen molar-refractivity contribution in [1.29, 1.82) is 0 Å². The van der Waals surface area contributed by atoms with E-state index in [0.29, 0.717) is 11.2 Å². The van der Waals surface area contributed by atoms with Crippen molar-refractivity contribution in [2.75, 3.05) is 6.61 Å². The number of rotatable bonds is 1. The minimum absolute atomic E-state index is 0.207. The molecule has 6 nitrogen and oxygen atoms in total. The molecule has 0 saturated heterocycles. The number of H-pyrrole nitrogens is 1. The first-order valence-corrected chi connectivity index (χ1v) is 5.79. The average molecular weight is 300 g/mol. The first kappa shape index (κ1) is 11.8. The summed E-state index contributed by atoms with van der Waals surface area (Å²) in [5.74, 6) is 0. The molecule has 2 aromatic rings. The summed E-state index contributed by atoms with van der Waals surface area (Å²) < 4.78 is 6.46. The van der Waals surface area contributed by atoms with E-state index in [1.54, 1.807) is 19.9 Å². The van der Waals surface area contributed by atoms with Crippen molar-refractivity contribution in [3.8, 4) is 0 Å². The normalized spacial score (nSPS) is 10.8. The number of aromatic amines is 1. The molecule has 0 aliphatic rings. The molecule has 0 atom stereocenters. The van der Waals surface area contributed by atoms with Gasteiger partial charge in [-0.1, -0.05) is 0 Å². The maximum atomic E-state index is 11.6. The summed E-state index contributed by atoms with van der Waals surface area (Å²) in [4.78, 5) is 29.9.